The molecule has 3 aromatic rings. The Morgan fingerprint density at radius 3 is 2.47 bits per heavy atom. The van der Waals surface area contributed by atoms with Crippen LogP contribution in [0.2, 0.25) is 0 Å². The van der Waals surface area contributed by atoms with Gasteiger partial charge in [0, 0.05) is 66.8 Å². The molecule has 0 spiro atoms. The number of hydrogen-bond acceptors (Lipinski definition) is 6. The van der Waals surface area contributed by atoms with Crippen molar-refractivity contribution in [3.63, 3.8) is 0 Å². The predicted molar refractivity (Wildman–Crippen MR) is 118 cm³/mol. The van der Waals surface area contributed by atoms with Crippen LogP contribution in [0.4, 0.5) is 5.69 Å². The van der Waals surface area contributed by atoms with Crippen LogP contribution in [0, 0.1) is 0 Å². The molecule has 158 valence electrons. The fraction of sp³-hybridized carbons (Fsp3) is 0.409. The molecule has 0 saturated carbocycles. The summed E-state index contributed by atoms with van der Waals surface area (Å²) < 4.78 is 28.8. The summed E-state index contributed by atoms with van der Waals surface area (Å²) in [4.78, 5) is 12.7. The average molecular weight is 427 g/mol. The Kier molecular flexibility index (Phi) is 5.22. The highest BCUT2D eigenvalue weighted by atomic mass is 32.2. The van der Waals surface area contributed by atoms with E-state index in [1.54, 1.807) is 0 Å². The van der Waals surface area contributed by atoms with Gasteiger partial charge in [0.25, 0.3) is 0 Å². The molecule has 2 aliphatic heterocycles. The summed E-state index contributed by atoms with van der Waals surface area (Å²) in [5, 5.41) is 1.12. The molecule has 5 rings (SSSR count). The molecule has 0 unspecified atom stereocenters. The molecule has 0 aliphatic carbocycles. The van der Waals surface area contributed by atoms with Crippen LogP contribution in [0.3, 0.4) is 0 Å². The summed E-state index contributed by atoms with van der Waals surface area (Å²) in [5.74, 6) is 0.454. The molecule has 30 heavy (non-hydrogen) atoms. The van der Waals surface area contributed by atoms with Gasteiger partial charge in [-0.05, 0) is 24.3 Å². The van der Waals surface area contributed by atoms with E-state index in [4.69, 9.17) is 4.74 Å². The molecule has 2 aliphatic rings. The number of ether oxygens (including phenoxy) is 1. The molecule has 1 aromatic carbocycles. The molecule has 1 N–H and O–H groups in total. The highest BCUT2D eigenvalue weighted by Crippen LogP contribution is 2.29. The number of benzene rings is 1. The van der Waals surface area contributed by atoms with E-state index in [0.717, 1.165) is 60.7 Å². The summed E-state index contributed by atoms with van der Waals surface area (Å²) in [5.41, 5.74) is 5.36. The van der Waals surface area contributed by atoms with Crippen LogP contribution in [0.25, 0.3) is 22.2 Å². The fourth-order valence-corrected chi connectivity index (χ4v) is 5.43. The maximum Gasteiger partial charge on any atom is 0.153 e. The lowest BCUT2D eigenvalue weighted by Crippen LogP contribution is -2.40. The summed E-state index contributed by atoms with van der Waals surface area (Å²) in [6.45, 7) is 5.49. The van der Waals surface area contributed by atoms with E-state index in [-0.39, 0.29) is 11.5 Å². The number of aromatic nitrogens is 2. The van der Waals surface area contributed by atoms with Crippen molar-refractivity contribution in [2.24, 2.45) is 0 Å². The van der Waals surface area contributed by atoms with Crippen LogP contribution in [-0.4, -0.2) is 74.2 Å². The van der Waals surface area contributed by atoms with Gasteiger partial charge in [0.05, 0.1) is 30.4 Å². The first-order valence-corrected chi connectivity index (χ1v) is 12.2. The Bertz CT molecular complexity index is 1120. The van der Waals surface area contributed by atoms with E-state index in [0.29, 0.717) is 13.1 Å². The Balaban J connectivity index is 1.37. The Labute approximate surface area is 176 Å². The van der Waals surface area contributed by atoms with Crippen molar-refractivity contribution in [3.05, 3.63) is 48.3 Å². The molecule has 2 aromatic heterocycles. The van der Waals surface area contributed by atoms with Crippen LogP contribution < -0.4 is 4.90 Å². The number of nitrogens with zero attached hydrogens (tertiary/aromatic N) is 3. The molecule has 0 bridgehead atoms. The normalized spacial score (nSPS) is 19.9. The first-order chi connectivity index (χ1) is 14.6. The molecule has 0 radical (unpaired) electrons. The lowest BCUT2D eigenvalue weighted by molar-refractivity contribution is 0.0337. The van der Waals surface area contributed by atoms with Crippen LogP contribution in [0.5, 0.6) is 0 Å². The van der Waals surface area contributed by atoms with E-state index >= 15 is 0 Å². The van der Waals surface area contributed by atoms with Gasteiger partial charge in [-0.1, -0.05) is 12.1 Å². The molecule has 0 amide bonds. The van der Waals surface area contributed by atoms with E-state index in [2.05, 4.69) is 50.1 Å². The van der Waals surface area contributed by atoms with Gasteiger partial charge in [0.1, 0.15) is 0 Å². The van der Waals surface area contributed by atoms with Crippen LogP contribution in [0.1, 0.15) is 5.69 Å². The Morgan fingerprint density at radius 2 is 1.73 bits per heavy atom. The monoisotopic (exact) mass is 426 g/mol. The van der Waals surface area contributed by atoms with E-state index in [9.17, 15) is 8.42 Å². The minimum absolute atomic E-state index is 0.227. The summed E-state index contributed by atoms with van der Waals surface area (Å²) in [6, 6.07) is 12.5. The van der Waals surface area contributed by atoms with Gasteiger partial charge in [-0.3, -0.25) is 9.88 Å². The van der Waals surface area contributed by atoms with Crippen molar-refractivity contribution in [2.75, 3.05) is 55.8 Å². The highest BCUT2D eigenvalue weighted by molar-refractivity contribution is 7.91. The zero-order chi connectivity index (χ0) is 20.6. The second-order valence-corrected chi connectivity index (χ2v) is 10.3. The van der Waals surface area contributed by atoms with Crippen molar-refractivity contribution in [2.45, 2.75) is 6.54 Å². The third kappa shape index (κ3) is 4.08. The smallest absolute Gasteiger partial charge is 0.153 e. The number of H-pyrrole nitrogens is 1. The zero-order valence-corrected chi connectivity index (χ0v) is 17.7. The number of pyridine rings is 1. The number of sulfone groups is 1. The van der Waals surface area contributed by atoms with E-state index in [1.165, 1.54) is 5.69 Å². The highest BCUT2D eigenvalue weighted by Gasteiger charge is 2.22. The quantitative estimate of drug-likeness (QED) is 0.690. The molecular weight excluding hydrogens is 400 g/mol. The van der Waals surface area contributed by atoms with Crippen molar-refractivity contribution in [1.29, 1.82) is 0 Å². The van der Waals surface area contributed by atoms with E-state index in [1.807, 2.05) is 12.3 Å². The maximum atomic E-state index is 11.7. The van der Waals surface area contributed by atoms with Crippen LogP contribution in [-0.2, 0) is 21.1 Å². The lowest BCUT2D eigenvalue weighted by atomic mass is 10.1. The largest absolute Gasteiger partial charge is 0.379 e. The fourth-order valence-electron chi connectivity index (χ4n) is 4.23. The SMILES string of the molecule is O=S1(=O)CCN(c2ccc(-c3nccc4[nH]c(CN5CCOCC5)cc34)cc2)CC1. The average Bonchev–Trinajstić information content (AvgIpc) is 3.17. The van der Waals surface area contributed by atoms with Crippen LogP contribution in [0.15, 0.2) is 42.6 Å². The van der Waals surface area contributed by atoms with Gasteiger partial charge >= 0.3 is 0 Å². The first kappa shape index (κ1) is 19.5. The van der Waals surface area contributed by atoms with Gasteiger partial charge < -0.3 is 14.6 Å². The molecule has 4 heterocycles. The lowest BCUT2D eigenvalue weighted by Gasteiger charge is -2.28. The Hall–Kier alpha value is -2.42. The molecular formula is C22H26N4O3S. The summed E-state index contributed by atoms with van der Waals surface area (Å²) in [7, 11) is -2.87. The number of fused-ring (bicyclic) bond motifs is 1. The predicted octanol–water partition coefficient (Wildman–Crippen LogP) is 2.30. The van der Waals surface area contributed by atoms with Crippen molar-refractivity contribution in [1.82, 2.24) is 14.9 Å². The topological polar surface area (TPSA) is 78.5 Å². The third-order valence-corrected chi connectivity index (χ3v) is 7.56. The van der Waals surface area contributed by atoms with Gasteiger partial charge in [-0.25, -0.2) is 8.42 Å². The molecule has 0 atom stereocenters. The summed E-state index contributed by atoms with van der Waals surface area (Å²) in [6.07, 6.45) is 1.84. The minimum Gasteiger partial charge on any atom is -0.379 e. The number of morpholine rings is 1. The first-order valence-electron chi connectivity index (χ1n) is 10.4. The molecule has 8 heteroatoms. The van der Waals surface area contributed by atoms with Gasteiger partial charge in [-0.2, -0.15) is 0 Å². The van der Waals surface area contributed by atoms with Crippen molar-refractivity contribution < 1.29 is 13.2 Å². The van der Waals surface area contributed by atoms with Gasteiger partial charge in [0.2, 0.25) is 0 Å². The standard InChI is InChI=1S/C22H26N4O3S/c27-30(28)13-9-26(10-14-30)19-3-1-17(2-4-19)22-20-15-18(24-21(20)5-6-23-22)16-25-7-11-29-12-8-25/h1-6,15,24H,7-14,16H2. The Morgan fingerprint density at radius 1 is 1.00 bits per heavy atom. The second-order valence-electron chi connectivity index (χ2n) is 7.99. The third-order valence-electron chi connectivity index (χ3n) is 5.95. The van der Waals surface area contributed by atoms with Gasteiger partial charge in [-0.15, -0.1) is 0 Å². The number of anilines is 1. The van der Waals surface area contributed by atoms with Gasteiger partial charge in [0.15, 0.2) is 9.84 Å². The second kappa shape index (κ2) is 8.02. The summed E-state index contributed by atoms with van der Waals surface area (Å²) >= 11 is 0. The van der Waals surface area contributed by atoms with Crippen LogP contribution >= 0.6 is 0 Å². The van der Waals surface area contributed by atoms with Crippen molar-refractivity contribution >= 4 is 26.4 Å². The number of rotatable bonds is 4. The molecule has 2 fully saturated rings. The van der Waals surface area contributed by atoms with Crippen molar-refractivity contribution in [3.8, 4) is 11.3 Å². The van der Waals surface area contributed by atoms with E-state index < -0.39 is 9.84 Å². The number of hydrogen-bond donors (Lipinski definition) is 1. The zero-order valence-electron chi connectivity index (χ0n) is 16.9. The number of aromatic amines is 1. The number of nitrogens with one attached hydrogen (secondary N) is 1. The maximum absolute atomic E-state index is 11.7. The molecule has 7 nitrogen and oxygen atoms in total. The minimum atomic E-state index is -2.87. The molecule has 2 saturated heterocycles.